The molecular weight excluding hydrogens is 226 g/mol. The van der Waals surface area contributed by atoms with Gasteiger partial charge in [-0.25, -0.2) is 0 Å². The second kappa shape index (κ2) is 4.74. The Labute approximate surface area is 106 Å². The van der Waals surface area contributed by atoms with E-state index in [1.807, 2.05) is 30.3 Å². The molecule has 0 aliphatic heterocycles. The molecule has 0 saturated heterocycles. The number of benzene rings is 1. The van der Waals surface area contributed by atoms with E-state index in [1.165, 1.54) is 0 Å². The molecule has 18 heavy (non-hydrogen) atoms. The number of nitrogens with two attached hydrogens (primary N) is 1. The summed E-state index contributed by atoms with van der Waals surface area (Å²) in [6.07, 6.45) is 1.75. The number of hydrogen-bond acceptors (Lipinski definition) is 3. The van der Waals surface area contributed by atoms with E-state index < -0.39 is 5.54 Å². The molecule has 1 heterocycles. The standard InChI is InChI=1S/C14H17N3O/c1-14(2,15)13(18)17-9-11-6-3-5-10-7-4-8-16-12(10)11/h3-8H,9,15H2,1-2H3,(H,17,18). The van der Waals surface area contributed by atoms with Gasteiger partial charge in [-0.2, -0.15) is 0 Å². The van der Waals surface area contributed by atoms with Crippen molar-refractivity contribution < 1.29 is 4.79 Å². The van der Waals surface area contributed by atoms with Gasteiger partial charge in [-0.3, -0.25) is 9.78 Å². The molecule has 2 rings (SSSR count). The van der Waals surface area contributed by atoms with Gasteiger partial charge in [0.2, 0.25) is 5.91 Å². The van der Waals surface area contributed by atoms with E-state index in [1.54, 1.807) is 20.0 Å². The Hall–Kier alpha value is -1.94. The largest absolute Gasteiger partial charge is 0.350 e. The average molecular weight is 243 g/mol. The molecule has 2 aromatic rings. The van der Waals surface area contributed by atoms with Crippen LogP contribution in [0.2, 0.25) is 0 Å². The molecule has 1 amide bonds. The molecule has 0 radical (unpaired) electrons. The van der Waals surface area contributed by atoms with E-state index in [4.69, 9.17) is 5.73 Å². The lowest BCUT2D eigenvalue weighted by atomic mass is 10.1. The van der Waals surface area contributed by atoms with Crippen molar-refractivity contribution in [2.75, 3.05) is 0 Å². The van der Waals surface area contributed by atoms with Crippen molar-refractivity contribution in [1.82, 2.24) is 10.3 Å². The highest BCUT2D eigenvalue weighted by Crippen LogP contribution is 2.15. The first-order valence-corrected chi connectivity index (χ1v) is 5.88. The lowest BCUT2D eigenvalue weighted by Gasteiger charge is -2.18. The number of hydrogen-bond donors (Lipinski definition) is 2. The Bertz CT molecular complexity index is 567. The summed E-state index contributed by atoms with van der Waals surface area (Å²) in [6.45, 7) is 3.81. The summed E-state index contributed by atoms with van der Waals surface area (Å²) in [5.74, 6) is -0.171. The van der Waals surface area contributed by atoms with Crippen LogP contribution in [0, 0.1) is 0 Å². The zero-order valence-corrected chi connectivity index (χ0v) is 10.6. The van der Waals surface area contributed by atoms with Gasteiger partial charge in [-0.05, 0) is 25.5 Å². The number of para-hydroxylation sites is 1. The maximum atomic E-state index is 11.7. The fourth-order valence-corrected chi connectivity index (χ4v) is 1.71. The average Bonchev–Trinajstić information content (AvgIpc) is 2.34. The van der Waals surface area contributed by atoms with Crippen molar-refractivity contribution in [3.05, 3.63) is 42.1 Å². The Balaban J connectivity index is 2.20. The van der Waals surface area contributed by atoms with Crippen LogP contribution in [0.5, 0.6) is 0 Å². The molecular formula is C14H17N3O. The van der Waals surface area contributed by atoms with Crippen LogP contribution in [-0.2, 0) is 11.3 Å². The topological polar surface area (TPSA) is 68.0 Å². The predicted molar refractivity (Wildman–Crippen MR) is 71.9 cm³/mol. The summed E-state index contributed by atoms with van der Waals surface area (Å²) in [6, 6.07) is 9.81. The molecule has 3 N–H and O–H groups in total. The maximum absolute atomic E-state index is 11.7. The van der Waals surface area contributed by atoms with Crippen LogP contribution < -0.4 is 11.1 Å². The number of carbonyl (C=O) groups excluding carboxylic acids is 1. The Morgan fingerprint density at radius 3 is 2.78 bits per heavy atom. The molecule has 0 aliphatic carbocycles. The van der Waals surface area contributed by atoms with Crippen LogP contribution in [0.15, 0.2) is 36.5 Å². The quantitative estimate of drug-likeness (QED) is 0.860. The molecule has 1 aromatic heterocycles. The molecule has 94 valence electrons. The summed E-state index contributed by atoms with van der Waals surface area (Å²) in [5.41, 5.74) is 6.77. The number of amides is 1. The molecule has 0 saturated carbocycles. The van der Waals surface area contributed by atoms with Gasteiger partial charge in [-0.1, -0.05) is 24.3 Å². The Morgan fingerprint density at radius 2 is 2.06 bits per heavy atom. The van der Waals surface area contributed by atoms with Crippen molar-refractivity contribution in [2.24, 2.45) is 5.73 Å². The molecule has 0 spiro atoms. The number of carbonyl (C=O) groups is 1. The van der Waals surface area contributed by atoms with E-state index in [0.717, 1.165) is 16.5 Å². The zero-order valence-electron chi connectivity index (χ0n) is 10.6. The van der Waals surface area contributed by atoms with Crippen molar-refractivity contribution in [3.63, 3.8) is 0 Å². The van der Waals surface area contributed by atoms with Crippen LogP contribution in [0.4, 0.5) is 0 Å². The van der Waals surface area contributed by atoms with Gasteiger partial charge in [0.25, 0.3) is 0 Å². The second-order valence-electron chi connectivity index (χ2n) is 4.90. The number of nitrogens with one attached hydrogen (secondary N) is 1. The van der Waals surface area contributed by atoms with E-state index >= 15 is 0 Å². The molecule has 4 nitrogen and oxygen atoms in total. The van der Waals surface area contributed by atoms with Crippen LogP contribution in [-0.4, -0.2) is 16.4 Å². The summed E-state index contributed by atoms with van der Waals surface area (Å²) in [7, 11) is 0. The van der Waals surface area contributed by atoms with E-state index in [2.05, 4.69) is 10.3 Å². The van der Waals surface area contributed by atoms with Crippen LogP contribution >= 0.6 is 0 Å². The van der Waals surface area contributed by atoms with Gasteiger partial charge in [0.05, 0.1) is 11.1 Å². The highest BCUT2D eigenvalue weighted by Gasteiger charge is 2.21. The first kappa shape index (κ1) is 12.5. The van der Waals surface area contributed by atoms with E-state index in [9.17, 15) is 4.79 Å². The number of pyridine rings is 1. The molecule has 0 bridgehead atoms. The Kier molecular flexibility index (Phi) is 3.30. The van der Waals surface area contributed by atoms with Crippen LogP contribution in [0.1, 0.15) is 19.4 Å². The first-order valence-electron chi connectivity index (χ1n) is 5.88. The van der Waals surface area contributed by atoms with Gasteiger partial charge >= 0.3 is 0 Å². The number of nitrogens with zero attached hydrogens (tertiary/aromatic N) is 1. The fourth-order valence-electron chi connectivity index (χ4n) is 1.71. The highest BCUT2D eigenvalue weighted by atomic mass is 16.2. The smallest absolute Gasteiger partial charge is 0.239 e. The normalized spacial score (nSPS) is 11.5. The summed E-state index contributed by atoms with van der Waals surface area (Å²) >= 11 is 0. The SMILES string of the molecule is CC(C)(N)C(=O)NCc1cccc2cccnc12. The van der Waals surface area contributed by atoms with Crippen LogP contribution in [0.25, 0.3) is 10.9 Å². The zero-order chi connectivity index (χ0) is 13.2. The number of rotatable bonds is 3. The monoisotopic (exact) mass is 243 g/mol. The van der Waals surface area contributed by atoms with Gasteiger partial charge < -0.3 is 11.1 Å². The van der Waals surface area contributed by atoms with Gasteiger partial charge in [-0.15, -0.1) is 0 Å². The molecule has 1 aromatic carbocycles. The van der Waals surface area contributed by atoms with Crippen LogP contribution in [0.3, 0.4) is 0 Å². The minimum atomic E-state index is -0.863. The molecule has 0 unspecified atom stereocenters. The van der Waals surface area contributed by atoms with E-state index in [0.29, 0.717) is 6.54 Å². The number of fused-ring (bicyclic) bond motifs is 1. The van der Waals surface area contributed by atoms with Crippen molar-refractivity contribution >= 4 is 16.8 Å². The van der Waals surface area contributed by atoms with Gasteiger partial charge in [0, 0.05) is 18.1 Å². The third kappa shape index (κ3) is 2.65. The third-order valence-electron chi connectivity index (χ3n) is 2.74. The molecule has 0 atom stereocenters. The van der Waals surface area contributed by atoms with Crippen molar-refractivity contribution in [3.8, 4) is 0 Å². The Morgan fingerprint density at radius 1 is 1.33 bits per heavy atom. The lowest BCUT2D eigenvalue weighted by molar-refractivity contribution is -0.125. The maximum Gasteiger partial charge on any atom is 0.239 e. The van der Waals surface area contributed by atoms with Gasteiger partial charge in [0.15, 0.2) is 0 Å². The van der Waals surface area contributed by atoms with Crippen molar-refractivity contribution in [1.29, 1.82) is 0 Å². The minimum Gasteiger partial charge on any atom is -0.350 e. The predicted octanol–water partition coefficient (Wildman–Crippen LogP) is 1.59. The third-order valence-corrected chi connectivity index (χ3v) is 2.74. The first-order chi connectivity index (χ1) is 8.48. The van der Waals surface area contributed by atoms with Crippen molar-refractivity contribution in [2.45, 2.75) is 25.9 Å². The fraction of sp³-hybridized carbons (Fsp3) is 0.286. The summed E-state index contributed by atoms with van der Waals surface area (Å²) in [4.78, 5) is 16.1. The molecule has 0 fully saturated rings. The molecule has 0 aliphatic rings. The second-order valence-corrected chi connectivity index (χ2v) is 4.90. The summed E-state index contributed by atoms with van der Waals surface area (Å²) in [5, 5.41) is 3.89. The summed E-state index contributed by atoms with van der Waals surface area (Å²) < 4.78 is 0. The van der Waals surface area contributed by atoms with Gasteiger partial charge in [0.1, 0.15) is 0 Å². The minimum absolute atomic E-state index is 0.171. The lowest BCUT2D eigenvalue weighted by Crippen LogP contribution is -2.48. The highest BCUT2D eigenvalue weighted by molar-refractivity contribution is 5.86. The number of aromatic nitrogens is 1. The van der Waals surface area contributed by atoms with E-state index in [-0.39, 0.29) is 5.91 Å². The molecule has 4 heteroatoms.